The van der Waals surface area contributed by atoms with Crippen molar-refractivity contribution < 1.29 is 9.90 Å². The summed E-state index contributed by atoms with van der Waals surface area (Å²) in [7, 11) is 0. The first-order chi connectivity index (χ1) is 6.17. The van der Waals surface area contributed by atoms with Crippen LogP contribution in [-0.2, 0) is 4.79 Å². The second-order valence-corrected chi connectivity index (χ2v) is 3.95. The molecule has 0 fully saturated rings. The molecule has 1 rings (SSSR count). The Morgan fingerprint density at radius 1 is 1.38 bits per heavy atom. The average molecular weight is 182 g/mol. The van der Waals surface area contributed by atoms with Crippen molar-refractivity contribution in [3.63, 3.8) is 0 Å². The Balaban J connectivity index is 2.69. The van der Waals surface area contributed by atoms with Gasteiger partial charge in [-0.05, 0) is 38.2 Å². The summed E-state index contributed by atoms with van der Waals surface area (Å²) in [6.07, 6.45) is 9.30. The first-order valence-corrected chi connectivity index (χ1v) is 5.05. The minimum atomic E-state index is -1.22. The summed E-state index contributed by atoms with van der Waals surface area (Å²) >= 11 is 0. The molecule has 13 heavy (non-hydrogen) atoms. The molecule has 0 amide bonds. The monoisotopic (exact) mass is 182 g/mol. The van der Waals surface area contributed by atoms with Gasteiger partial charge in [0.25, 0.3) is 0 Å². The van der Waals surface area contributed by atoms with Gasteiger partial charge in [0.05, 0.1) is 0 Å². The second kappa shape index (κ2) is 4.56. The van der Waals surface area contributed by atoms with Crippen molar-refractivity contribution in [3.05, 3.63) is 11.6 Å². The number of aliphatic hydroxyl groups is 1. The maximum absolute atomic E-state index is 10.6. The number of aldehydes is 1. The Morgan fingerprint density at radius 2 is 2.08 bits per heavy atom. The minimum absolute atomic E-state index is 0.639. The third-order valence-corrected chi connectivity index (χ3v) is 2.67. The number of carbonyl (C=O) groups excluding carboxylic acids is 1. The second-order valence-electron chi connectivity index (χ2n) is 3.95. The van der Waals surface area contributed by atoms with Crippen molar-refractivity contribution in [2.45, 2.75) is 51.0 Å². The van der Waals surface area contributed by atoms with Crippen LogP contribution in [0.4, 0.5) is 0 Å². The van der Waals surface area contributed by atoms with E-state index in [1.165, 1.54) is 19.3 Å². The highest BCUT2D eigenvalue weighted by atomic mass is 16.3. The molecule has 0 aromatic heterocycles. The summed E-state index contributed by atoms with van der Waals surface area (Å²) in [6.45, 7) is 1.58. The van der Waals surface area contributed by atoms with Crippen LogP contribution in [0.3, 0.4) is 0 Å². The van der Waals surface area contributed by atoms with Gasteiger partial charge in [-0.25, -0.2) is 0 Å². The fourth-order valence-electron chi connectivity index (χ4n) is 1.73. The predicted octanol–water partition coefficient (Wildman–Crippen LogP) is 2.22. The normalized spacial score (nSPS) is 23.7. The maximum Gasteiger partial charge on any atom is 0.155 e. The zero-order chi connectivity index (χ0) is 9.73. The van der Waals surface area contributed by atoms with E-state index < -0.39 is 5.60 Å². The van der Waals surface area contributed by atoms with Crippen LogP contribution in [-0.4, -0.2) is 17.0 Å². The number of allylic oxidation sites excluding steroid dienone is 1. The third-order valence-electron chi connectivity index (χ3n) is 2.67. The van der Waals surface area contributed by atoms with Gasteiger partial charge < -0.3 is 5.11 Å². The lowest BCUT2D eigenvalue weighted by molar-refractivity contribution is -0.119. The Hall–Kier alpha value is -0.630. The molecule has 0 aromatic carbocycles. The average Bonchev–Trinajstić information content (AvgIpc) is 2.03. The van der Waals surface area contributed by atoms with Crippen LogP contribution in [0.15, 0.2) is 11.6 Å². The van der Waals surface area contributed by atoms with E-state index in [2.05, 4.69) is 0 Å². The van der Waals surface area contributed by atoms with Crippen molar-refractivity contribution >= 4 is 6.29 Å². The topological polar surface area (TPSA) is 37.3 Å². The fraction of sp³-hybridized carbons (Fsp3) is 0.727. The first kappa shape index (κ1) is 10.5. The Morgan fingerprint density at radius 3 is 2.77 bits per heavy atom. The number of hydrogen-bond donors (Lipinski definition) is 1. The van der Waals surface area contributed by atoms with E-state index in [0.29, 0.717) is 6.29 Å². The fourth-order valence-corrected chi connectivity index (χ4v) is 1.73. The van der Waals surface area contributed by atoms with Gasteiger partial charge >= 0.3 is 0 Å². The summed E-state index contributed by atoms with van der Waals surface area (Å²) in [6, 6.07) is 0. The molecule has 0 heterocycles. The van der Waals surface area contributed by atoms with Crippen molar-refractivity contribution in [2.24, 2.45) is 0 Å². The molecule has 0 saturated carbocycles. The lowest BCUT2D eigenvalue weighted by Gasteiger charge is -2.21. The van der Waals surface area contributed by atoms with Crippen molar-refractivity contribution in [1.29, 1.82) is 0 Å². The number of hydrogen-bond acceptors (Lipinski definition) is 2. The van der Waals surface area contributed by atoms with Gasteiger partial charge in [-0.3, -0.25) is 4.79 Å². The highest BCUT2D eigenvalue weighted by Crippen LogP contribution is 2.24. The summed E-state index contributed by atoms with van der Waals surface area (Å²) in [5.41, 5.74) is -0.320. The largest absolute Gasteiger partial charge is 0.378 e. The van der Waals surface area contributed by atoms with Gasteiger partial charge in [-0.2, -0.15) is 0 Å². The molecule has 74 valence electrons. The van der Waals surface area contributed by atoms with Crippen LogP contribution >= 0.6 is 0 Å². The molecule has 1 aliphatic rings. The molecule has 0 radical (unpaired) electrons. The zero-order valence-corrected chi connectivity index (χ0v) is 8.25. The molecule has 1 N–H and O–H groups in total. The SMILES string of the molecule is CC(O)(C=O)C1=CCCCCCC1. The van der Waals surface area contributed by atoms with E-state index in [1.54, 1.807) is 6.92 Å². The van der Waals surface area contributed by atoms with E-state index >= 15 is 0 Å². The summed E-state index contributed by atoms with van der Waals surface area (Å²) in [4.78, 5) is 10.6. The van der Waals surface area contributed by atoms with Crippen LogP contribution in [0, 0.1) is 0 Å². The van der Waals surface area contributed by atoms with E-state index in [9.17, 15) is 9.90 Å². The molecule has 1 aliphatic carbocycles. The molecule has 0 saturated heterocycles. The van der Waals surface area contributed by atoms with Gasteiger partial charge in [0.2, 0.25) is 0 Å². The first-order valence-electron chi connectivity index (χ1n) is 5.05. The highest BCUT2D eigenvalue weighted by molar-refractivity contribution is 5.67. The quantitative estimate of drug-likeness (QED) is 0.525. The molecule has 1 atom stereocenters. The van der Waals surface area contributed by atoms with Crippen LogP contribution in [0.5, 0.6) is 0 Å². The molecule has 0 bridgehead atoms. The molecule has 0 spiro atoms. The molecule has 0 aliphatic heterocycles. The van der Waals surface area contributed by atoms with Gasteiger partial charge in [0.15, 0.2) is 6.29 Å². The van der Waals surface area contributed by atoms with Crippen LogP contribution < -0.4 is 0 Å². The summed E-state index contributed by atoms with van der Waals surface area (Å²) in [5.74, 6) is 0. The van der Waals surface area contributed by atoms with E-state index in [0.717, 1.165) is 24.8 Å². The Kier molecular flexibility index (Phi) is 3.67. The molecule has 2 nitrogen and oxygen atoms in total. The van der Waals surface area contributed by atoms with Gasteiger partial charge in [0.1, 0.15) is 5.60 Å². The van der Waals surface area contributed by atoms with Crippen molar-refractivity contribution in [3.8, 4) is 0 Å². The smallest absolute Gasteiger partial charge is 0.155 e. The van der Waals surface area contributed by atoms with Crippen LogP contribution in [0.25, 0.3) is 0 Å². The summed E-state index contributed by atoms with van der Waals surface area (Å²) < 4.78 is 0. The zero-order valence-electron chi connectivity index (χ0n) is 8.25. The molecule has 0 aromatic rings. The Bertz CT molecular complexity index is 204. The lowest BCUT2D eigenvalue weighted by atomic mass is 9.89. The summed E-state index contributed by atoms with van der Waals surface area (Å²) in [5, 5.41) is 9.73. The molecule has 1 unspecified atom stereocenters. The predicted molar refractivity (Wildman–Crippen MR) is 52.5 cm³/mol. The van der Waals surface area contributed by atoms with Crippen LogP contribution in [0.2, 0.25) is 0 Å². The van der Waals surface area contributed by atoms with Gasteiger partial charge in [0, 0.05) is 0 Å². The molecule has 2 heteroatoms. The van der Waals surface area contributed by atoms with Crippen molar-refractivity contribution in [2.75, 3.05) is 0 Å². The number of carbonyl (C=O) groups is 1. The van der Waals surface area contributed by atoms with Gasteiger partial charge in [-0.1, -0.05) is 18.9 Å². The van der Waals surface area contributed by atoms with Crippen molar-refractivity contribution in [1.82, 2.24) is 0 Å². The standard InChI is InChI=1S/C11H18O2/c1-11(13,9-12)10-7-5-3-2-4-6-8-10/h7,9,13H,2-6,8H2,1H3. The minimum Gasteiger partial charge on any atom is -0.378 e. The van der Waals surface area contributed by atoms with Gasteiger partial charge in [-0.15, -0.1) is 0 Å². The lowest BCUT2D eigenvalue weighted by Crippen LogP contribution is -2.29. The van der Waals surface area contributed by atoms with Crippen LogP contribution in [0.1, 0.15) is 45.4 Å². The van der Waals surface area contributed by atoms with E-state index in [1.807, 2.05) is 6.08 Å². The third kappa shape index (κ3) is 2.96. The maximum atomic E-state index is 10.6. The molecular formula is C11H18O2. The highest BCUT2D eigenvalue weighted by Gasteiger charge is 2.24. The van der Waals surface area contributed by atoms with E-state index in [-0.39, 0.29) is 0 Å². The Labute approximate surface area is 79.6 Å². The number of rotatable bonds is 2. The van der Waals surface area contributed by atoms with E-state index in [4.69, 9.17) is 0 Å². The molecular weight excluding hydrogens is 164 g/mol.